The zero-order valence-corrected chi connectivity index (χ0v) is 8.54. The van der Waals surface area contributed by atoms with Crippen molar-refractivity contribution >= 4 is 29.0 Å². The van der Waals surface area contributed by atoms with Gasteiger partial charge in [0.15, 0.2) is 0 Å². The smallest absolute Gasteiger partial charge is 0.290 e. The van der Waals surface area contributed by atoms with Gasteiger partial charge in [0.1, 0.15) is 0 Å². The molecule has 0 radical (unpaired) electrons. The molecule has 0 atom stereocenters. The van der Waals surface area contributed by atoms with Crippen molar-refractivity contribution in [1.29, 1.82) is 0 Å². The number of thioether (sulfide) groups is 1. The van der Waals surface area contributed by atoms with Crippen LogP contribution in [0.25, 0.3) is 6.08 Å². The van der Waals surface area contributed by atoms with Gasteiger partial charge in [-0.15, -0.1) is 0 Å². The average molecular weight is 225 g/mol. The topological polar surface area (TPSA) is 84.2 Å². The molecule has 0 aliphatic carbocycles. The van der Waals surface area contributed by atoms with E-state index in [0.717, 1.165) is 11.8 Å². The number of carbonyl (C=O) groups is 2. The van der Waals surface area contributed by atoms with E-state index in [1.165, 1.54) is 16.8 Å². The Morgan fingerprint density at radius 1 is 1.60 bits per heavy atom. The van der Waals surface area contributed by atoms with Gasteiger partial charge in [-0.1, -0.05) is 0 Å². The number of carbonyl (C=O) groups excluding carboxylic acids is 2. The minimum atomic E-state index is -0.435. The molecule has 1 aromatic heterocycles. The third-order valence-electron chi connectivity index (χ3n) is 1.80. The molecule has 0 spiro atoms. The zero-order valence-electron chi connectivity index (χ0n) is 7.72. The van der Waals surface area contributed by atoms with Crippen molar-refractivity contribution in [2.24, 2.45) is 7.05 Å². The van der Waals surface area contributed by atoms with Crippen molar-refractivity contribution in [3.8, 4) is 5.88 Å². The molecule has 2 N–H and O–H groups in total. The predicted octanol–water partition coefficient (Wildman–Crippen LogP) is 0.450. The SMILES string of the molecule is Cn1nc(/C=C2\SC(=O)NC2=O)cc1O. The first-order valence-electron chi connectivity index (χ1n) is 4.04. The molecule has 2 rings (SSSR count). The first-order chi connectivity index (χ1) is 7.06. The second kappa shape index (κ2) is 3.43. The highest BCUT2D eigenvalue weighted by Gasteiger charge is 2.25. The van der Waals surface area contributed by atoms with Crippen molar-refractivity contribution in [2.45, 2.75) is 0 Å². The third-order valence-corrected chi connectivity index (χ3v) is 2.61. The summed E-state index contributed by atoms with van der Waals surface area (Å²) in [4.78, 5) is 22.3. The van der Waals surface area contributed by atoms with Crippen molar-refractivity contribution in [3.05, 3.63) is 16.7 Å². The highest BCUT2D eigenvalue weighted by atomic mass is 32.2. The van der Waals surface area contributed by atoms with Gasteiger partial charge in [-0.05, 0) is 17.8 Å². The lowest BCUT2D eigenvalue weighted by molar-refractivity contribution is -0.115. The van der Waals surface area contributed by atoms with Crippen LogP contribution in [0, 0.1) is 0 Å². The van der Waals surface area contributed by atoms with Crippen LogP contribution >= 0.6 is 11.8 Å². The molecule has 15 heavy (non-hydrogen) atoms. The van der Waals surface area contributed by atoms with Crippen molar-refractivity contribution < 1.29 is 14.7 Å². The van der Waals surface area contributed by atoms with Crippen LogP contribution < -0.4 is 5.32 Å². The van der Waals surface area contributed by atoms with Crippen molar-refractivity contribution in [3.63, 3.8) is 0 Å². The number of rotatable bonds is 1. The summed E-state index contributed by atoms with van der Waals surface area (Å²) in [7, 11) is 1.57. The zero-order chi connectivity index (χ0) is 11.0. The maximum Gasteiger partial charge on any atom is 0.290 e. The highest BCUT2D eigenvalue weighted by Crippen LogP contribution is 2.25. The van der Waals surface area contributed by atoms with Gasteiger partial charge in [-0.25, -0.2) is 4.68 Å². The lowest BCUT2D eigenvalue weighted by Crippen LogP contribution is -2.17. The molecule has 1 aliphatic rings. The average Bonchev–Trinajstić information content (AvgIpc) is 2.59. The van der Waals surface area contributed by atoms with E-state index >= 15 is 0 Å². The van der Waals surface area contributed by atoms with Gasteiger partial charge < -0.3 is 5.11 Å². The normalized spacial score (nSPS) is 18.6. The second-order valence-electron chi connectivity index (χ2n) is 2.90. The first kappa shape index (κ1) is 9.78. The van der Waals surface area contributed by atoms with Gasteiger partial charge >= 0.3 is 0 Å². The number of aromatic nitrogens is 2. The van der Waals surface area contributed by atoms with E-state index in [1.807, 2.05) is 0 Å². The lowest BCUT2D eigenvalue weighted by Gasteiger charge is -1.88. The van der Waals surface area contributed by atoms with Crippen LogP contribution in [0.1, 0.15) is 5.69 Å². The van der Waals surface area contributed by atoms with E-state index in [1.54, 1.807) is 7.05 Å². The Kier molecular flexibility index (Phi) is 2.24. The van der Waals surface area contributed by atoms with Crippen LogP contribution in [0.3, 0.4) is 0 Å². The number of amides is 2. The van der Waals surface area contributed by atoms with Gasteiger partial charge in [0.25, 0.3) is 11.1 Å². The summed E-state index contributed by atoms with van der Waals surface area (Å²) in [5.74, 6) is -0.438. The molecule has 1 fully saturated rings. The standard InChI is InChI=1S/C8H7N3O3S/c1-11-6(12)3-4(10-11)2-5-7(13)9-8(14)15-5/h2-3,12H,1H3,(H,9,13,14)/b5-2-. The quantitative estimate of drug-likeness (QED) is 0.678. The predicted molar refractivity (Wildman–Crippen MR) is 54.0 cm³/mol. The van der Waals surface area contributed by atoms with Crippen molar-refractivity contribution in [2.75, 3.05) is 0 Å². The molecule has 6 nitrogen and oxygen atoms in total. The first-order valence-corrected chi connectivity index (χ1v) is 4.86. The van der Waals surface area contributed by atoms with E-state index in [2.05, 4.69) is 10.4 Å². The summed E-state index contributed by atoms with van der Waals surface area (Å²) >= 11 is 0.814. The summed E-state index contributed by atoms with van der Waals surface area (Å²) in [5.41, 5.74) is 0.433. The number of aryl methyl sites for hydroxylation is 1. The maximum absolute atomic E-state index is 11.2. The van der Waals surface area contributed by atoms with Gasteiger partial charge in [0.05, 0.1) is 10.6 Å². The minimum Gasteiger partial charge on any atom is -0.493 e. The number of hydrogen-bond acceptors (Lipinski definition) is 5. The Labute approximate surface area is 89.0 Å². The van der Waals surface area contributed by atoms with Gasteiger partial charge in [0.2, 0.25) is 5.88 Å². The van der Waals surface area contributed by atoms with E-state index in [0.29, 0.717) is 5.69 Å². The summed E-state index contributed by atoms with van der Waals surface area (Å²) in [6, 6.07) is 1.41. The minimum absolute atomic E-state index is 0.00317. The van der Waals surface area contributed by atoms with E-state index in [9.17, 15) is 14.7 Å². The second-order valence-corrected chi connectivity index (χ2v) is 3.92. The Hall–Kier alpha value is -1.76. The van der Waals surface area contributed by atoms with Crippen LogP contribution in [-0.2, 0) is 11.8 Å². The monoisotopic (exact) mass is 225 g/mol. The summed E-state index contributed by atoms with van der Waals surface area (Å²) in [6.07, 6.45) is 1.45. The van der Waals surface area contributed by atoms with Crippen LogP contribution in [0.2, 0.25) is 0 Å². The molecule has 1 aromatic rings. The molecule has 2 amide bonds. The highest BCUT2D eigenvalue weighted by molar-refractivity contribution is 8.18. The summed E-state index contributed by atoms with van der Waals surface area (Å²) in [6.45, 7) is 0. The van der Waals surface area contributed by atoms with Gasteiger partial charge in [-0.3, -0.25) is 14.9 Å². The molecule has 0 aromatic carbocycles. The summed E-state index contributed by atoms with van der Waals surface area (Å²) < 4.78 is 1.27. The van der Waals surface area contributed by atoms with Crippen LogP contribution in [0.5, 0.6) is 5.88 Å². The number of imide groups is 1. The fourth-order valence-electron chi connectivity index (χ4n) is 1.10. The summed E-state index contributed by atoms with van der Waals surface area (Å²) in [5, 5.41) is 14.9. The molecular weight excluding hydrogens is 218 g/mol. The van der Waals surface area contributed by atoms with Crippen LogP contribution in [0.4, 0.5) is 4.79 Å². The Bertz CT molecular complexity index is 458. The molecule has 0 saturated carbocycles. The fraction of sp³-hybridized carbons (Fsp3) is 0.125. The van der Waals surface area contributed by atoms with E-state index in [-0.39, 0.29) is 10.8 Å². The molecule has 78 valence electrons. The largest absolute Gasteiger partial charge is 0.493 e. The van der Waals surface area contributed by atoms with E-state index < -0.39 is 11.1 Å². The number of nitrogens with zero attached hydrogens (tertiary/aromatic N) is 2. The molecule has 7 heteroatoms. The van der Waals surface area contributed by atoms with Crippen molar-refractivity contribution in [1.82, 2.24) is 15.1 Å². The molecule has 0 unspecified atom stereocenters. The Morgan fingerprint density at radius 2 is 2.33 bits per heavy atom. The molecule has 1 saturated heterocycles. The number of nitrogens with one attached hydrogen (secondary N) is 1. The maximum atomic E-state index is 11.2. The number of hydrogen-bond donors (Lipinski definition) is 2. The molecule has 2 heterocycles. The van der Waals surface area contributed by atoms with Crippen LogP contribution in [0.15, 0.2) is 11.0 Å². The molecular formula is C8H7N3O3S. The van der Waals surface area contributed by atoms with Gasteiger partial charge in [0, 0.05) is 13.1 Å². The fourth-order valence-corrected chi connectivity index (χ4v) is 1.77. The van der Waals surface area contributed by atoms with Crippen LogP contribution in [-0.4, -0.2) is 26.0 Å². The lowest BCUT2D eigenvalue weighted by atomic mass is 10.3. The number of aromatic hydroxyl groups is 1. The Balaban J connectivity index is 2.30. The Morgan fingerprint density at radius 3 is 2.80 bits per heavy atom. The molecule has 1 aliphatic heterocycles. The molecule has 0 bridgehead atoms. The van der Waals surface area contributed by atoms with Gasteiger partial charge in [-0.2, -0.15) is 5.10 Å². The van der Waals surface area contributed by atoms with E-state index in [4.69, 9.17) is 0 Å². The third kappa shape index (κ3) is 1.86.